The van der Waals surface area contributed by atoms with Gasteiger partial charge in [-0.05, 0) is 39.3 Å². The standard InChI is InChI=1S/C11H21N3/c1-10-6-14(9-12-10)8-11-4-3-5-13(2)7-11/h9-11H,3-8H2,1-2H3/t10?,11-/m1/s1. The fourth-order valence-electron chi connectivity index (χ4n) is 2.52. The van der Waals surface area contributed by atoms with Crippen LogP contribution >= 0.6 is 0 Å². The molecule has 0 radical (unpaired) electrons. The van der Waals surface area contributed by atoms with E-state index in [0.29, 0.717) is 6.04 Å². The Balaban J connectivity index is 1.77. The summed E-state index contributed by atoms with van der Waals surface area (Å²) in [6.07, 6.45) is 4.80. The molecule has 0 bridgehead atoms. The summed E-state index contributed by atoms with van der Waals surface area (Å²) in [6, 6.07) is 0.510. The van der Waals surface area contributed by atoms with Crippen molar-refractivity contribution in [1.82, 2.24) is 9.80 Å². The minimum atomic E-state index is 0.510. The average Bonchev–Trinajstić information content (AvgIpc) is 2.51. The lowest BCUT2D eigenvalue weighted by atomic mass is 9.98. The molecule has 1 unspecified atom stereocenters. The second kappa shape index (κ2) is 4.30. The normalized spacial score (nSPS) is 34.0. The zero-order valence-electron chi connectivity index (χ0n) is 9.32. The van der Waals surface area contributed by atoms with Crippen LogP contribution in [0.15, 0.2) is 4.99 Å². The van der Waals surface area contributed by atoms with Gasteiger partial charge in [0.05, 0.1) is 12.4 Å². The van der Waals surface area contributed by atoms with Crippen LogP contribution in [0.4, 0.5) is 0 Å². The van der Waals surface area contributed by atoms with Gasteiger partial charge in [-0.2, -0.15) is 0 Å². The molecule has 0 spiro atoms. The molecule has 2 aliphatic heterocycles. The molecular formula is C11H21N3. The minimum Gasteiger partial charge on any atom is -0.360 e. The lowest BCUT2D eigenvalue weighted by molar-refractivity contribution is 0.186. The minimum absolute atomic E-state index is 0.510. The third kappa shape index (κ3) is 2.47. The van der Waals surface area contributed by atoms with Gasteiger partial charge in [0.1, 0.15) is 0 Å². The van der Waals surface area contributed by atoms with E-state index in [-0.39, 0.29) is 0 Å². The monoisotopic (exact) mass is 195 g/mol. The third-order valence-corrected chi connectivity index (χ3v) is 3.20. The Morgan fingerprint density at radius 3 is 2.93 bits per heavy atom. The third-order valence-electron chi connectivity index (χ3n) is 3.20. The topological polar surface area (TPSA) is 18.8 Å². The maximum Gasteiger partial charge on any atom is 0.0854 e. The molecule has 2 heterocycles. The van der Waals surface area contributed by atoms with Gasteiger partial charge in [-0.1, -0.05) is 0 Å². The molecule has 2 aliphatic rings. The van der Waals surface area contributed by atoms with E-state index < -0.39 is 0 Å². The molecule has 3 heteroatoms. The lowest BCUT2D eigenvalue weighted by Crippen LogP contribution is -2.38. The Morgan fingerprint density at radius 1 is 1.43 bits per heavy atom. The molecule has 80 valence electrons. The molecule has 0 saturated carbocycles. The van der Waals surface area contributed by atoms with E-state index in [1.807, 2.05) is 6.34 Å². The predicted molar refractivity (Wildman–Crippen MR) is 59.7 cm³/mol. The van der Waals surface area contributed by atoms with Gasteiger partial charge in [0, 0.05) is 19.6 Å². The number of hydrogen-bond acceptors (Lipinski definition) is 3. The van der Waals surface area contributed by atoms with Crippen molar-refractivity contribution in [2.45, 2.75) is 25.8 Å². The summed E-state index contributed by atoms with van der Waals surface area (Å²) in [5.41, 5.74) is 0. The van der Waals surface area contributed by atoms with Gasteiger partial charge in [-0.25, -0.2) is 0 Å². The van der Waals surface area contributed by atoms with E-state index in [2.05, 4.69) is 28.8 Å². The van der Waals surface area contributed by atoms with Gasteiger partial charge >= 0.3 is 0 Å². The summed E-state index contributed by atoms with van der Waals surface area (Å²) >= 11 is 0. The SMILES string of the molecule is CC1CN(C[C@@H]2CCCN(C)C2)C=N1. The number of aliphatic imine (C=N–C) groups is 1. The fraction of sp³-hybridized carbons (Fsp3) is 0.909. The number of hydrogen-bond donors (Lipinski definition) is 0. The molecule has 14 heavy (non-hydrogen) atoms. The quantitative estimate of drug-likeness (QED) is 0.656. The van der Waals surface area contributed by atoms with Crippen LogP contribution in [0.5, 0.6) is 0 Å². The number of piperidine rings is 1. The smallest absolute Gasteiger partial charge is 0.0854 e. The zero-order chi connectivity index (χ0) is 9.97. The Hall–Kier alpha value is -0.570. The van der Waals surface area contributed by atoms with E-state index >= 15 is 0 Å². The van der Waals surface area contributed by atoms with Crippen LogP contribution in [0.1, 0.15) is 19.8 Å². The van der Waals surface area contributed by atoms with Crippen LogP contribution in [0.2, 0.25) is 0 Å². The van der Waals surface area contributed by atoms with Crippen LogP contribution in [0.25, 0.3) is 0 Å². The van der Waals surface area contributed by atoms with Crippen LogP contribution in [0.3, 0.4) is 0 Å². The Kier molecular flexibility index (Phi) is 3.06. The molecule has 1 saturated heterocycles. The summed E-state index contributed by atoms with van der Waals surface area (Å²) in [6.45, 7) is 7.06. The van der Waals surface area contributed by atoms with Crippen LogP contribution in [-0.4, -0.2) is 55.4 Å². The first-order chi connectivity index (χ1) is 6.74. The Labute approximate surface area is 86.8 Å². The molecule has 0 aromatic rings. The van der Waals surface area contributed by atoms with Crippen LogP contribution in [-0.2, 0) is 0 Å². The first kappa shape index (κ1) is 9.97. The maximum absolute atomic E-state index is 4.39. The lowest BCUT2D eigenvalue weighted by Gasteiger charge is -2.32. The number of likely N-dealkylation sites (tertiary alicyclic amines) is 1. The second-order valence-corrected chi connectivity index (χ2v) is 4.84. The van der Waals surface area contributed by atoms with Gasteiger partial charge in [-0.15, -0.1) is 0 Å². The summed E-state index contributed by atoms with van der Waals surface area (Å²) in [5.74, 6) is 0.852. The van der Waals surface area contributed by atoms with Crippen molar-refractivity contribution < 1.29 is 0 Å². The molecule has 2 rings (SSSR count). The maximum atomic E-state index is 4.39. The number of rotatable bonds is 2. The largest absolute Gasteiger partial charge is 0.360 e. The highest BCUT2D eigenvalue weighted by molar-refractivity contribution is 5.57. The summed E-state index contributed by atoms with van der Waals surface area (Å²) in [7, 11) is 2.23. The van der Waals surface area contributed by atoms with Crippen molar-refractivity contribution in [1.29, 1.82) is 0 Å². The summed E-state index contributed by atoms with van der Waals surface area (Å²) in [5, 5.41) is 0. The van der Waals surface area contributed by atoms with Crippen molar-refractivity contribution in [3.63, 3.8) is 0 Å². The van der Waals surface area contributed by atoms with Crippen molar-refractivity contribution in [2.24, 2.45) is 10.9 Å². The highest BCUT2D eigenvalue weighted by atomic mass is 15.2. The van der Waals surface area contributed by atoms with E-state index in [1.54, 1.807) is 0 Å². The summed E-state index contributed by atoms with van der Waals surface area (Å²) in [4.78, 5) is 9.22. The molecule has 1 fully saturated rings. The highest BCUT2D eigenvalue weighted by Crippen LogP contribution is 2.17. The van der Waals surface area contributed by atoms with E-state index in [0.717, 1.165) is 12.5 Å². The van der Waals surface area contributed by atoms with E-state index in [9.17, 15) is 0 Å². The van der Waals surface area contributed by atoms with Gasteiger partial charge in [0.25, 0.3) is 0 Å². The molecule has 0 N–H and O–H groups in total. The van der Waals surface area contributed by atoms with Gasteiger partial charge in [0.2, 0.25) is 0 Å². The predicted octanol–water partition coefficient (Wildman–Crippen LogP) is 1.06. The van der Waals surface area contributed by atoms with E-state index in [1.165, 1.54) is 32.5 Å². The Bertz CT molecular complexity index is 215. The van der Waals surface area contributed by atoms with Crippen molar-refractivity contribution in [3.05, 3.63) is 0 Å². The van der Waals surface area contributed by atoms with Gasteiger partial charge in [-0.3, -0.25) is 4.99 Å². The molecular weight excluding hydrogens is 174 g/mol. The van der Waals surface area contributed by atoms with Crippen LogP contribution < -0.4 is 0 Å². The van der Waals surface area contributed by atoms with Gasteiger partial charge in [0.15, 0.2) is 0 Å². The second-order valence-electron chi connectivity index (χ2n) is 4.84. The van der Waals surface area contributed by atoms with Crippen molar-refractivity contribution >= 4 is 6.34 Å². The molecule has 0 amide bonds. The average molecular weight is 195 g/mol. The molecule has 3 nitrogen and oxygen atoms in total. The first-order valence-corrected chi connectivity index (χ1v) is 5.70. The van der Waals surface area contributed by atoms with Crippen molar-refractivity contribution in [2.75, 3.05) is 33.2 Å². The van der Waals surface area contributed by atoms with Crippen LogP contribution in [0, 0.1) is 5.92 Å². The van der Waals surface area contributed by atoms with E-state index in [4.69, 9.17) is 0 Å². The Morgan fingerprint density at radius 2 is 2.29 bits per heavy atom. The molecule has 0 aromatic heterocycles. The first-order valence-electron chi connectivity index (χ1n) is 5.70. The number of nitrogens with zero attached hydrogens (tertiary/aromatic N) is 3. The highest BCUT2D eigenvalue weighted by Gasteiger charge is 2.21. The van der Waals surface area contributed by atoms with Gasteiger partial charge < -0.3 is 9.80 Å². The van der Waals surface area contributed by atoms with Crippen molar-refractivity contribution in [3.8, 4) is 0 Å². The molecule has 0 aromatic carbocycles. The zero-order valence-corrected chi connectivity index (χ0v) is 9.32. The summed E-state index contributed by atoms with van der Waals surface area (Å²) < 4.78 is 0. The molecule has 2 atom stereocenters. The fourth-order valence-corrected chi connectivity index (χ4v) is 2.52. The molecule has 0 aliphatic carbocycles.